The third-order valence-corrected chi connectivity index (χ3v) is 4.02. The van der Waals surface area contributed by atoms with Crippen molar-refractivity contribution >= 4 is 17.2 Å². The van der Waals surface area contributed by atoms with Crippen LogP contribution in [-0.4, -0.2) is 15.9 Å². The summed E-state index contributed by atoms with van der Waals surface area (Å²) < 4.78 is 38.2. The molecule has 1 heterocycles. The van der Waals surface area contributed by atoms with Crippen molar-refractivity contribution in [2.45, 2.75) is 12.7 Å². The predicted octanol–water partition coefficient (Wildman–Crippen LogP) is 3.84. The molecule has 0 unspecified atom stereocenters. The molecule has 0 atom stereocenters. The molecule has 0 fully saturated rings. The fraction of sp³-hybridized carbons (Fsp3) is 0.100. The van der Waals surface area contributed by atoms with Crippen LogP contribution in [-0.2, 0) is 12.7 Å². The molecule has 29 heavy (non-hydrogen) atoms. The van der Waals surface area contributed by atoms with E-state index in [9.17, 15) is 13.2 Å². The molecule has 0 amide bonds. The van der Waals surface area contributed by atoms with E-state index in [1.807, 2.05) is 12.1 Å². The van der Waals surface area contributed by atoms with Crippen molar-refractivity contribution in [3.8, 4) is 0 Å². The van der Waals surface area contributed by atoms with Gasteiger partial charge in [0.15, 0.2) is 5.84 Å². The number of aromatic nitrogens is 1. The molecule has 9 heteroatoms. The molecule has 0 radical (unpaired) electrons. The number of rotatable bonds is 6. The molecule has 0 saturated heterocycles. The summed E-state index contributed by atoms with van der Waals surface area (Å²) in [7, 11) is 0. The van der Waals surface area contributed by atoms with E-state index in [0.29, 0.717) is 23.5 Å². The molecule has 2 aromatic carbocycles. The van der Waals surface area contributed by atoms with Gasteiger partial charge in [-0.2, -0.15) is 13.2 Å². The minimum Gasteiger partial charge on any atom is -0.382 e. The van der Waals surface area contributed by atoms with Crippen molar-refractivity contribution in [1.82, 2.24) is 10.1 Å². The Labute approximate surface area is 165 Å². The van der Waals surface area contributed by atoms with Gasteiger partial charge in [0.2, 0.25) is 0 Å². The summed E-state index contributed by atoms with van der Waals surface area (Å²) in [5.41, 5.74) is 7.95. The molecule has 1 aromatic heterocycles. The molecular weight excluding hydrogens is 381 g/mol. The number of alkyl halides is 3. The number of amidine groups is 1. The first-order valence-electron chi connectivity index (χ1n) is 8.62. The van der Waals surface area contributed by atoms with E-state index in [2.05, 4.69) is 15.4 Å². The van der Waals surface area contributed by atoms with Crippen LogP contribution < -0.4 is 16.9 Å². The number of hydrogen-bond acceptors (Lipinski definition) is 5. The van der Waals surface area contributed by atoms with Gasteiger partial charge in [0.1, 0.15) is 0 Å². The SMILES string of the molecule is N/C(=N\N(N)Cc1ccncc1)c1ccccc1Nc1ccc(C(F)(F)F)cc1. The van der Waals surface area contributed by atoms with Gasteiger partial charge in [-0.1, -0.05) is 12.1 Å². The van der Waals surface area contributed by atoms with Crippen molar-refractivity contribution in [3.63, 3.8) is 0 Å². The van der Waals surface area contributed by atoms with Crippen LogP contribution in [0, 0.1) is 0 Å². The number of nitrogens with two attached hydrogens (primary N) is 2. The Bertz CT molecular complexity index is 972. The van der Waals surface area contributed by atoms with Crippen LogP contribution in [0.25, 0.3) is 0 Å². The lowest BCUT2D eigenvalue weighted by Crippen LogP contribution is -2.29. The van der Waals surface area contributed by atoms with Gasteiger partial charge < -0.3 is 11.1 Å². The monoisotopic (exact) mass is 400 g/mol. The Kier molecular flexibility index (Phi) is 5.99. The first-order chi connectivity index (χ1) is 13.8. The van der Waals surface area contributed by atoms with Gasteiger partial charge in [0.25, 0.3) is 0 Å². The number of halogens is 3. The Balaban J connectivity index is 1.77. The average Bonchev–Trinajstić information content (AvgIpc) is 2.69. The normalized spacial score (nSPS) is 11.9. The molecule has 5 N–H and O–H groups in total. The second-order valence-corrected chi connectivity index (χ2v) is 6.18. The summed E-state index contributed by atoms with van der Waals surface area (Å²) in [5, 5.41) is 8.45. The zero-order valence-corrected chi connectivity index (χ0v) is 15.3. The third kappa shape index (κ3) is 5.45. The number of hydrazine groups is 1. The van der Waals surface area contributed by atoms with Crippen molar-refractivity contribution < 1.29 is 13.2 Å². The van der Waals surface area contributed by atoms with Crippen LogP contribution in [0.15, 0.2) is 78.2 Å². The van der Waals surface area contributed by atoms with E-state index in [-0.39, 0.29) is 5.84 Å². The molecule has 0 spiro atoms. The van der Waals surface area contributed by atoms with Gasteiger partial charge in [-0.15, -0.1) is 5.10 Å². The third-order valence-electron chi connectivity index (χ3n) is 4.02. The first-order valence-corrected chi connectivity index (χ1v) is 8.62. The van der Waals surface area contributed by atoms with Crippen molar-refractivity contribution in [2.24, 2.45) is 16.7 Å². The molecule has 3 rings (SSSR count). The molecule has 0 bridgehead atoms. The lowest BCUT2D eigenvalue weighted by Gasteiger charge is -2.16. The summed E-state index contributed by atoms with van der Waals surface area (Å²) in [4.78, 5) is 3.94. The number of nitrogens with one attached hydrogen (secondary N) is 1. The quantitative estimate of drug-likeness (QED) is 0.253. The summed E-state index contributed by atoms with van der Waals surface area (Å²) in [6.07, 6.45) is -1.08. The number of para-hydroxylation sites is 1. The number of pyridine rings is 1. The highest BCUT2D eigenvalue weighted by Gasteiger charge is 2.29. The van der Waals surface area contributed by atoms with Crippen molar-refractivity contribution in [3.05, 3.63) is 89.7 Å². The number of benzene rings is 2. The fourth-order valence-corrected chi connectivity index (χ4v) is 2.62. The van der Waals surface area contributed by atoms with Gasteiger partial charge in [0, 0.05) is 29.3 Å². The summed E-state index contributed by atoms with van der Waals surface area (Å²) in [6.45, 7) is 0.331. The average molecular weight is 400 g/mol. The highest BCUT2D eigenvalue weighted by atomic mass is 19.4. The van der Waals surface area contributed by atoms with E-state index >= 15 is 0 Å². The lowest BCUT2D eigenvalue weighted by atomic mass is 10.1. The van der Waals surface area contributed by atoms with Crippen LogP contribution in [0.1, 0.15) is 16.7 Å². The largest absolute Gasteiger partial charge is 0.416 e. The Morgan fingerprint density at radius 1 is 1.00 bits per heavy atom. The summed E-state index contributed by atoms with van der Waals surface area (Å²) in [6, 6.07) is 15.4. The Morgan fingerprint density at radius 3 is 2.31 bits per heavy atom. The molecule has 150 valence electrons. The van der Waals surface area contributed by atoms with Crippen LogP contribution in [0.2, 0.25) is 0 Å². The second-order valence-electron chi connectivity index (χ2n) is 6.18. The zero-order chi connectivity index (χ0) is 20.9. The van der Waals surface area contributed by atoms with Gasteiger partial charge >= 0.3 is 6.18 Å². The number of nitrogens with zero attached hydrogens (tertiary/aromatic N) is 3. The van der Waals surface area contributed by atoms with E-state index in [0.717, 1.165) is 17.7 Å². The highest BCUT2D eigenvalue weighted by Crippen LogP contribution is 2.30. The Hall–Kier alpha value is -3.59. The predicted molar refractivity (Wildman–Crippen MR) is 106 cm³/mol. The minimum atomic E-state index is -4.38. The first kappa shape index (κ1) is 20.2. The van der Waals surface area contributed by atoms with Gasteiger partial charge in [-0.05, 0) is 54.1 Å². The van der Waals surface area contributed by atoms with Crippen LogP contribution in [0.3, 0.4) is 0 Å². The smallest absolute Gasteiger partial charge is 0.382 e. The molecular formula is C20H19F3N6. The number of hydrogen-bond donors (Lipinski definition) is 3. The Morgan fingerprint density at radius 2 is 1.66 bits per heavy atom. The molecule has 6 nitrogen and oxygen atoms in total. The number of hydrazone groups is 1. The topological polar surface area (TPSA) is 92.6 Å². The molecule has 0 aliphatic rings. The van der Waals surface area contributed by atoms with Crippen molar-refractivity contribution in [2.75, 3.05) is 5.32 Å². The van der Waals surface area contributed by atoms with Gasteiger partial charge in [-0.3, -0.25) is 4.98 Å². The summed E-state index contributed by atoms with van der Waals surface area (Å²) in [5.74, 6) is 6.09. The molecule has 0 aliphatic heterocycles. The lowest BCUT2D eigenvalue weighted by molar-refractivity contribution is -0.137. The molecule has 0 saturated carbocycles. The standard InChI is InChI=1S/C20H19F3N6/c21-20(22,23)15-5-7-16(8-6-15)27-18-4-2-1-3-17(18)19(24)28-29(25)13-14-9-11-26-12-10-14/h1-12,27H,13,25H2,(H2,24,28). The minimum absolute atomic E-state index is 0.163. The number of anilines is 2. The van der Waals surface area contributed by atoms with Crippen LogP contribution in [0.5, 0.6) is 0 Å². The van der Waals surface area contributed by atoms with E-state index in [1.165, 1.54) is 17.3 Å². The van der Waals surface area contributed by atoms with Crippen LogP contribution >= 0.6 is 0 Å². The maximum absolute atomic E-state index is 12.7. The second kappa shape index (κ2) is 8.61. The van der Waals surface area contributed by atoms with Crippen LogP contribution in [0.4, 0.5) is 24.5 Å². The fourth-order valence-electron chi connectivity index (χ4n) is 2.62. The molecule has 3 aromatic rings. The summed E-state index contributed by atoms with van der Waals surface area (Å²) >= 11 is 0. The highest BCUT2D eigenvalue weighted by molar-refractivity contribution is 6.02. The van der Waals surface area contributed by atoms with Gasteiger partial charge in [-0.25, -0.2) is 11.0 Å². The zero-order valence-electron chi connectivity index (χ0n) is 15.3. The van der Waals surface area contributed by atoms with Gasteiger partial charge in [0.05, 0.1) is 12.1 Å². The van der Waals surface area contributed by atoms with Crippen molar-refractivity contribution in [1.29, 1.82) is 0 Å². The van der Waals surface area contributed by atoms with E-state index < -0.39 is 11.7 Å². The van der Waals surface area contributed by atoms with E-state index in [4.69, 9.17) is 11.6 Å². The molecule has 0 aliphatic carbocycles. The maximum atomic E-state index is 12.7. The van der Waals surface area contributed by atoms with E-state index in [1.54, 1.807) is 36.7 Å². The maximum Gasteiger partial charge on any atom is 0.416 e.